The van der Waals surface area contributed by atoms with Gasteiger partial charge in [0.15, 0.2) is 11.5 Å². The first kappa shape index (κ1) is 21.6. The molecule has 6 nitrogen and oxygen atoms in total. The Kier molecular flexibility index (Phi) is 6.82. The Labute approximate surface area is 188 Å². The average Bonchev–Trinajstić information content (AvgIpc) is 2.84. The standard InChI is InChI=1S/C26H27N3O3/c1-31-24-12-9-20(15-25(24)32-2)16-27-28-26(30)22-10-7-19(8-11-22)17-29-14-13-21-5-3-4-6-23(21)18-29/h3-12,15-16H,13-14,17-18H2,1-2H3,(H,28,30)/b27-16-. The highest BCUT2D eigenvalue weighted by atomic mass is 16.5. The summed E-state index contributed by atoms with van der Waals surface area (Å²) in [6.45, 7) is 2.88. The SMILES string of the molecule is COc1ccc(/C=N\NC(=O)c2ccc(CN3CCc4ccccc4C3)cc2)cc1OC. The van der Waals surface area contributed by atoms with E-state index in [1.807, 2.05) is 30.3 Å². The first-order valence-corrected chi connectivity index (χ1v) is 10.6. The average molecular weight is 430 g/mol. The van der Waals surface area contributed by atoms with E-state index in [9.17, 15) is 4.79 Å². The molecule has 0 saturated heterocycles. The number of nitrogens with one attached hydrogen (secondary N) is 1. The lowest BCUT2D eigenvalue weighted by atomic mass is 9.99. The second kappa shape index (κ2) is 10.1. The normalized spacial score (nSPS) is 13.6. The maximum atomic E-state index is 12.4. The minimum Gasteiger partial charge on any atom is -0.493 e. The number of rotatable bonds is 7. The second-order valence-corrected chi connectivity index (χ2v) is 7.74. The number of fused-ring (bicyclic) bond motifs is 1. The van der Waals surface area contributed by atoms with Crippen LogP contribution in [0, 0.1) is 0 Å². The molecule has 0 bridgehead atoms. The lowest BCUT2D eigenvalue weighted by molar-refractivity contribution is 0.0955. The molecule has 1 heterocycles. The zero-order chi connectivity index (χ0) is 22.3. The van der Waals surface area contributed by atoms with E-state index < -0.39 is 0 Å². The molecule has 1 amide bonds. The van der Waals surface area contributed by atoms with Crippen LogP contribution in [0.2, 0.25) is 0 Å². The van der Waals surface area contributed by atoms with E-state index in [2.05, 4.69) is 39.7 Å². The summed E-state index contributed by atoms with van der Waals surface area (Å²) < 4.78 is 10.5. The molecule has 4 rings (SSSR count). The molecule has 3 aromatic carbocycles. The van der Waals surface area contributed by atoms with Crippen LogP contribution in [0.5, 0.6) is 11.5 Å². The summed E-state index contributed by atoms with van der Waals surface area (Å²) in [5.74, 6) is 0.998. The number of hydrogen-bond donors (Lipinski definition) is 1. The van der Waals surface area contributed by atoms with Gasteiger partial charge in [-0.15, -0.1) is 0 Å². The summed E-state index contributed by atoms with van der Waals surface area (Å²) in [6, 6.07) is 21.8. The predicted octanol–water partition coefficient (Wildman–Crippen LogP) is 4.03. The van der Waals surface area contributed by atoms with Crippen molar-refractivity contribution in [1.29, 1.82) is 0 Å². The van der Waals surface area contributed by atoms with Crippen molar-refractivity contribution in [2.24, 2.45) is 5.10 Å². The Morgan fingerprint density at radius 3 is 2.50 bits per heavy atom. The van der Waals surface area contributed by atoms with Crippen molar-refractivity contribution < 1.29 is 14.3 Å². The summed E-state index contributed by atoms with van der Waals surface area (Å²) in [7, 11) is 3.16. The molecular formula is C26H27N3O3. The van der Waals surface area contributed by atoms with Crippen molar-refractivity contribution in [3.05, 3.63) is 94.5 Å². The van der Waals surface area contributed by atoms with Crippen LogP contribution in [-0.4, -0.2) is 37.8 Å². The first-order valence-electron chi connectivity index (χ1n) is 10.6. The van der Waals surface area contributed by atoms with Crippen LogP contribution in [0.15, 0.2) is 71.8 Å². The molecule has 164 valence electrons. The monoisotopic (exact) mass is 429 g/mol. The van der Waals surface area contributed by atoms with Gasteiger partial charge < -0.3 is 9.47 Å². The maximum Gasteiger partial charge on any atom is 0.271 e. The highest BCUT2D eigenvalue weighted by molar-refractivity contribution is 5.94. The van der Waals surface area contributed by atoms with Crippen molar-refractivity contribution in [3.8, 4) is 11.5 Å². The third-order valence-corrected chi connectivity index (χ3v) is 5.62. The summed E-state index contributed by atoms with van der Waals surface area (Å²) in [5.41, 5.74) is 7.98. The van der Waals surface area contributed by atoms with Gasteiger partial charge in [0.2, 0.25) is 0 Å². The third kappa shape index (κ3) is 5.15. The van der Waals surface area contributed by atoms with Crippen molar-refractivity contribution in [2.45, 2.75) is 19.5 Å². The van der Waals surface area contributed by atoms with Crippen molar-refractivity contribution in [3.63, 3.8) is 0 Å². The summed E-state index contributed by atoms with van der Waals surface area (Å²) in [4.78, 5) is 14.9. The quantitative estimate of drug-likeness (QED) is 0.455. The molecule has 0 spiro atoms. The summed E-state index contributed by atoms with van der Waals surface area (Å²) in [5, 5.41) is 4.06. The van der Waals surface area contributed by atoms with Crippen LogP contribution in [0.3, 0.4) is 0 Å². The fourth-order valence-corrected chi connectivity index (χ4v) is 3.87. The number of nitrogens with zero attached hydrogens (tertiary/aromatic N) is 2. The minimum atomic E-state index is -0.250. The molecule has 1 N–H and O–H groups in total. The zero-order valence-electron chi connectivity index (χ0n) is 18.4. The smallest absolute Gasteiger partial charge is 0.271 e. The topological polar surface area (TPSA) is 63.2 Å². The summed E-state index contributed by atoms with van der Waals surface area (Å²) in [6.07, 6.45) is 2.65. The van der Waals surface area contributed by atoms with Crippen molar-refractivity contribution in [2.75, 3.05) is 20.8 Å². The second-order valence-electron chi connectivity index (χ2n) is 7.74. The number of ether oxygens (including phenoxy) is 2. The molecule has 32 heavy (non-hydrogen) atoms. The van der Waals surface area contributed by atoms with E-state index >= 15 is 0 Å². The van der Waals surface area contributed by atoms with Gasteiger partial charge in [0.25, 0.3) is 5.91 Å². The number of methoxy groups -OCH3 is 2. The highest BCUT2D eigenvalue weighted by Gasteiger charge is 2.16. The van der Waals surface area contributed by atoms with E-state index in [0.717, 1.165) is 31.6 Å². The van der Waals surface area contributed by atoms with Gasteiger partial charge in [-0.25, -0.2) is 5.43 Å². The Hall–Kier alpha value is -3.64. The molecule has 0 fully saturated rings. The van der Waals surface area contributed by atoms with Crippen LogP contribution in [0.25, 0.3) is 0 Å². The van der Waals surface area contributed by atoms with Gasteiger partial charge in [-0.1, -0.05) is 36.4 Å². The number of hydrogen-bond acceptors (Lipinski definition) is 5. The van der Waals surface area contributed by atoms with Crippen LogP contribution < -0.4 is 14.9 Å². The Morgan fingerprint density at radius 1 is 1.00 bits per heavy atom. The van der Waals surface area contributed by atoms with Gasteiger partial charge in [0.1, 0.15) is 0 Å². The summed E-state index contributed by atoms with van der Waals surface area (Å²) >= 11 is 0. The van der Waals surface area contributed by atoms with Gasteiger partial charge in [0.05, 0.1) is 20.4 Å². The Bertz CT molecular complexity index is 1110. The van der Waals surface area contributed by atoms with Gasteiger partial charge in [-0.3, -0.25) is 9.69 Å². The van der Waals surface area contributed by atoms with E-state index in [1.54, 1.807) is 32.6 Å². The highest BCUT2D eigenvalue weighted by Crippen LogP contribution is 2.26. The van der Waals surface area contributed by atoms with Crippen molar-refractivity contribution >= 4 is 12.1 Å². The van der Waals surface area contributed by atoms with Gasteiger partial charge in [-0.05, 0) is 59.0 Å². The molecule has 1 aliphatic heterocycles. The number of carbonyl (C=O) groups is 1. The number of amides is 1. The van der Waals surface area contributed by atoms with Gasteiger partial charge in [-0.2, -0.15) is 5.10 Å². The zero-order valence-corrected chi connectivity index (χ0v) is 18.4. The number of benzene rings is 3. The molecule has 6 heteroatoms. The molecular weight excluding hydrogens is 402 g/mol. The van der Waals surface area contributed by atoms with Crippen LogP contribution in [-0.2, 0) is 19.5 Å². The van der Waals surface area contributed by atoms with E-state index in [-0.39, 0.29) is 5.91 Å². The van der Waals surface area contributed by atoms with E-state index in [4.69, 9.17) is 9.47 Å². The molecule has 1 aliphatic rings. The van der Waals surface area contributed by atoms with E-state index in [1.165, 1.54) is 16.7 Å². The first-order chi connectivity index (χ1) is 15.7. The largest absolute Gasteiger partial charge is 0.493 e. The fraction of sp³-hybridized carbons (Fsp3) is 0.231. The third-order valence-electron chi connectivity index (χ3n) is 5.62. The van der Waals surface area contributed by atoms with E-state index in [0.29, 0.717) is 17.1 Å². The number of carbonyl (C=O) groups excluding carboxylic acids is 1. The molecule has 3 aromatic rings. The molecule has 0 radical (unpaired) electrons. The van der Waals surface area contributed by atoms with Crippen LogP contribution >= 0.6 is 0 Å². The van der Waals surface area contributed by atoms with Gasteiger partial charge >= 0.3 is 0 Å². The number of hydrazone groups is 1. The molecule has 0 saturated carbocycles. The Morgan fingerprint density at radius 2 is 1.75 bits per heavy atom. The maximum absolute atomic E-state index is 12.4. The fourth-order valence-electron chi connectivity index (χ4n) is 3.87. The molecule has 0 aliphatic carbocycles. The predicted molar refractivity (Wildman–Crippen MR) is 125 cm³/mol. The lowest BCUT2D eigenvalue weighted by Crippen LogP contribution is -2.30. The minimum absolute atomic E-state index is 0.250. The van der Waals surface area contributed by atoms with Crippen LogP contribution in [0.4, 0.5) is 0 Å². The Balaban J connectivity index is 1.32. The van der Waals surface area contributed by atoms with Crippen LogP contribution in [0.1, 0.15) is 32.6 Å². The molecule has 0 atom stereocenters. The lowest BCUT2D eigenvalue weighted by Gasteiger charge is -2.28. The van der Waals surface area contributed by atoms with Crippen molar-refractivity contribution in [1.82, 2.24) is 10.3 Å². The van der Waals surface area contributed by atoms with Gasteiger partial charge in [0, 0.05) is 25.2 Å². The molecule has 0 aromatic heterocycles. The molecule has 0 unspecified atom stereocenters.